The van der Waals surface area contributed by atoms with Gasteiger partial charge in [-0.3, -0.25) is 0 Å². The molecule has 0 radical (unpaired) electrons. The average Bonchev–Trinajstić information content (AvgIpc) is 2.33. The Morgan fingerprint density at radius 2 is 2.00 bits per heavy atom. The van der Waals surface area contributed by atoms with Crippen molar-refractivity contribution in [2.24, 2.45) is 16.3 Å². The van der Waals surface area contributed by atoms with Crippen molar-refractivity contribution in [1.29, 1.82) is 0 Å². The van der Waals surface area contributed by atoms with E-state index in [0.717, 1.165) is 17.5 Å². The van der Waals surface area contributed by atoms with E-state index in [1.54, 1.807) is 0 Å². The van der Waals surface area contributed by atoms with E-state index < -0.39 is 0 Å². The van der Waals surface area contributed by atoms with E-state index in [2.05, 4.69) is 25.9 Å². The number of benzene rings is 1. The van der Waals surface area contributed by atoms with Gasteiger partial charge in [0.1, 0.15) is 0 Å². The third kappa shape index (κ3) is 4.75. The predicted octanol–water partition coefficient (Wildman–Crippen LogP) is 2.73. The van der Waals surface area contributed by atoms with Crippen LogP contribution in [0.4, 0.5) is 0 Å². The van der Waals surface area contributed by atoms with Gasteiger partial charge < -0.3 is 15.7 Å². The molecular weight excluding hydrogens is 228 g/mol. The maximum Gasteiger partial charge on any atom is 0.170 e. The molecule has 1 aromatic rings. The number of hydrogen-bond acceptors (Lipinski definition) is 3. The fourth-order valence-corrected chi connectivity index (χ4v) is 1.51. The maximum absolute atomic E-state index is 8.71. The molecule has 0 aromatic heterocycles. The molecule has 1 rings (SSSR count). The van der Waals surface area contributed by atoms with Crippen molar-refractivity contribution in [3.05, 3.63) is 35.4 Å². The third-order valence-corrected chi connectivity index (χ3v) is 2.66. The van der Waals surface area contributed by atoms with E-state index in [1.807, 2.05) is 24.3 Å². The highest BCUT2D eigenvalue weighted by Crippen LogP contribution is 2.18. The predicted molar refractivity (Wildman–Crippen MR) is 72.7 cm³/mol. The topological polar surface area (TPSA) is 67.8 Å². The smallest absolute Gasteiger partial charge is 0.170 e. The van der Waals surface area contributed by atoms with Crippen molar-refractivity contribution < 1.29 is 9.94 Å². The first kappa shape index (κ1) is 14.5. The molecule has 0 aliphatic carbocycles. The highest BCUT2D eigenvalue weighted by atomic mass is 16.5. The van der Waals surface area contributed by atoms with Crippen LogP contribution in [0.5, 0.6) is 0 Å². The van der Waals surface area contributed by atoms with Gasteiger partial charge in [0.05, 0.1) is 6.61 Å². The van der Waals surface area contributed by atoms with Crippen LogP contribution in [0.15, 0.2) is 29.4 Å². The number of nitrogens with two attached hydrogens (primary N) is 1. The van der Waals surface area contributed by atoms with Gasteiger partial charge in [0, 0.05) is 12.2 Å². The van der Waals surface area contributed by atoms with E-state index in [-0.39, 0.29) is 11.3 Å². The van der Waals surface area contributed by atoms with Gasteiger partial charge in [-0.2, -0.15) is 0 Å². The lowest BCUT2D eigenvalue weighted by molar-refractivity contribution is 0.0961. The molecule has 4 heteroatoms. The van der Waals surface area contributed by atoms with Crippen LogP contribution in [-0.2, 0) is 11.3 Å². The summed E-state index contributed by atoms with van der Waals surface area (Å²) in [7, 11) is 0. The lowest BCUT2D eigenvalue weighted by Gasteiger charge is -2.18. The third-order valence-electron chi connectivity index (χ3n) is 2.66. The monoisotopic (exact) mass is 250 g/mol. The Balaban J connectivity index is 2.57. The second kappa shape index (κ2) is 6.40. The summed E-state index contributed by atoms with van der Waals surface area (Å²) < 4.78 is 5.64. The maximum atomic E-state index is 8.71. The van der Waals surface area contributed by atoms with Crippen molar-refractivity contribution in [2.45, 2.75) is 33.8 Å². The summed E-state index contributed by atoms with van der Waals surface area (Å²) in [5.74, 6) is 0.116. The Labute approximate surface area is 108 Å². The van der Waals surface area contributed by atoms with Crippen LogP contribution in [0.1, 0.15) is 38.3 Å². The highest BCUT2D eigenvalue weighted by molar-refractivity contribution is 5.98. The summed E-state index contributed by atoms with van der Waals surface area (Å²) in [5, 5.41) is 11.7. The molecule has 0 spiro atoms. The zero-order valence-corrected chi connectivity index (χ0v) is 11.3. The van der Waals surface area contributed by atoms with Crippen molar-refractivity contribution in [1.82, 2.24) is 0 Å². The highest BCUT2D eigenvalue weighted by Gasteiger charge is 2.10. The van der Waals surface area contributed by atoms with Crippen molar-refractivity contribution in [3.63, 3.8) is 0 Å². The zero-order chi connectivity index (χ0) is 13.6. The van der Waals surface area contributed by atoms with Crippen molar-refractivity contribution >= 4 is 5.84 Å². The number of amidine groups is 1. The molecule has 0 unspecified atom stereocenters. The number of hydrogen-bond donors (Lipinski definition) is 2. The molecule has 0 atom stereocenters. The van der Waals surface area contributed by atoms with Gasteiger partial charge >= 0.3 is 0 Å². The molecule has 100 valence electrons. The molecule has 1 aromatic carbocycles. The lowest BCUT2D eigenvalue weighted by Crippen LogP contribution is -2.16. The Kier molecular flexibility index (Phi) is 5.16. The summed E-state index contributed by atoms with van der Waals surface area (Å²) in [4.78, 5) is 0. The van der Waals surface area contributed by atoms with E-state index in [1.165, 1.54) is 0 Å². The first-order chi connectivity index (χ1) is 8.44. The fraction of sp³-hybridized carbons (Fsp3) is 0.500. The van der Waals surface area contributed by atoms with Crippen LogP contribution in [0.3, 0.4) is 0 Å². The Hall–Kier alpha value is -1.55. The first-order valence-corrected chi connectivity index (χ1v) is 6.07. The minimum absolute atomic E-state index is 0.116. The minimum atomic E-state index is 0.116. The molecule has 4 nitrogen and oxygen atoms in total. The summed E-state index contributed by atoms with van der Waals surface area (Å²) in [6, 6.07) is 7.50. The Bertz CT molecular complexity index is 409. The zero-order valence-electron chi connectivity index (χ0n) is 11.3. The summed E-state index contributed by atoms with van der Waals surface area (Å²) in [5.41, 5.74) is 7.53. The first-order valence-electron chi connectivity index (χ1n) is 6.07. The van der Waals surface area contributed by atoms with Crippen LogP contribution >= 0.6 is 0 Å². The molecule has 0 fully saturated rings. The van der Waals surface area contributed by atoms with Crippen LogP contribution in [0, 0.1) is 5.41 Å². The van der Waals surface area contributed by atoms with Crippen LogP contribution in [0.25, 0.3) is 0 Å². The number of rotatable bonds is 5. The normalized spacial score (nSPS) is 12.7. The van der Waals surface area contributed by atoms with Crippen molar-refractivity contribution in [2.75, 3.05) is 6.61 Å². The number of oxime groups is 1. The summed E-state index contributed by atoms with van der Waals surface area (Å²) in [6.45, 7) is 7.72. The minimum Gasteiger partial charge on any atom is -0.409 e. The Morgan fingerprint density at radius 1 is 1.33 bits per heavy atom. The van der Waals surface area contributed by atoms with Crippen LogP contribution in [-0.4, -0.2) is 17.6 Å². The SMILES string of the molecule is CC(C)(C)CCOCc1ccccc1C(N)=NO. The molecule has 0 aliphatic rings. The van der Waals surface area contributed by atoms with Crippen LogP contribution < -0.4 is 5.73 Å². The van der Waals surface area contributed by atoms with Gasteiger partial charge in [-0.15, -0.1) is 0 Å². The van der Waals surface area contributed by atoms with Gasteiger partial charge in [-0.05, 0) is 17.4 Å². The molecule has 0 saturated heterocycles. The average molecular weight is 250 g/mol. The van der Waals surface area contributed by atoms with Gasteiger partial charge in [0.25, 0.3) is 0 Å². The summed E-state index contributed by atoms with van der Waals surface area (Å²) in [6.07, 6.45) is 0.999. The van der Waals surface area contributed by atoms with Gasteiger partial charge in [-0.1, -0.05) is 50.2 Å². The van der Waals surface area contributed by atoms with E-state index in [0.29, 0.717) is 13.2 Å². The molecular formula is C14H22N2O2. The molecule has 0 bridgehead atoms. The molecule has 0 amide bonds. The summed E-state index contributed by atoms with van der Waals surface area (Å²) >= 11 is 0. The van der Waals surface area contributed by atoms with Gasteiger partial charge in [-0.25, -0.2) is 0 Å². The molecule has 18 heavy (non-hydrogen) atoms. The molecule has 0 saturated carbocycles. The lowest BCUT2D eigenvalue weighted by atomic mass is 9.93. The van der Waals surface area contributed by atoms with Gasteiger partial charge in [0.2, 0.25) is 0 Å². The largest absolute Gasteiger partial charge is 0.409 e. The number of ether oxygens (including phenoxy) is 1. The second-order valence-corrected chi connectivity index (χ2v) is 5.51. The quantitative estimate of drug-likeness (QED) is 0.277. The van der Waals surface area contributed by atoms with E-state index in [4.69, 9.17) is 15.7 Å². The standard InChI is InChI=1S/C14H22N2O2/c1-14(2,3)8-9-18-10-11-6-4-5-7-12(11)13(15)16-17/h4-7,17H,8-10H2,1-3H3,(H2,15,16). The fourth-order valence-electron chi connectivity index (χ4n) is 1.51. The molecule has 0 heterocycles. The molecule has 3 N–H and O–H groups in total. The van der Waals surface area contributed by atoms with Crippen LogP contribution in [0.2, 0.25) is 0 Å². The molecule has 0 aliphatic heterocycles. The van der Waals surface area contributed by atoms with E-state index >= 15 is 0 Å². The van der Waals surface area contributed by atoms with E-state index in [9.17, 15) is 0 Å². The van der Waals surface area contributed by atoms with Gasteiger partial charge in [0.15, 0.2) is 5.84 Å². The second-order valence-electron chi connectivity index (χ2n) is 5.51. The Morgan fingerprint density at radius 3 is 2.61 bits per heavy atom. The number of nitrogens with zero attached hydrogens (tertiary/aromatic N) is 1. The van der Waals surface area contributed by atoms with Crippen molar-refractivity contribution in [3.8, 4) is 0 Å².